The molecule has 0 aliphatic heterocycles. The highest BCUT2D eigenvalue weighted by Gasteiger charge is 2.09. The second-order valence-electron chi connectivity index (χ2n) is 4.76. The Hall–Kier alpha value is -3.02. The first kappa shape index (κ1) is 15.4. The largest absolute Gasteiger partial charge is 0.271 e. The molecule has 0 atom stereocenters. The zero-order valence-corrected chi connectivity index (χ0v) is 12.2. The van der Waals surface area contributed by atoms with Crippen molar-refractivity contribution in [1.29, 1.82) is 0 Å². The normalized spacial score (nSPS) is 11.1. The number of carbonyl (C=O) groups excluding carboxylic acids is 1. The molecule has 0 fully saturated rings. The third-order valence-corrected chi connectivity index (χ3v) is 3.19. The van der Waals surface area contributed by atoms with Gasteiger partial charge in [0.2, 0.25) is 0 Å². The minimum atomic E-state index is -0.470. The average molecular weight is 297 g/mol. The molecule has 6 nitrogen and oxygen atoms in total. The molecule has 6 heteroatoms. The number of aryl methyl sites for hydroxylation is 1. The highest BCUT2D eigenvalue weighted by Crippen LogP contribution is 2.13. The van der Waals surface area contributed by atoms with Crippen LogP contribution in [0.15, 0.2) is 53.6 Å². The fourth-order valence-corrected chi connectivity index (χ4v) is 1.93. The molecule has 2 aromatic carbocycles. The van der Waals surface area contributed by atoms with Crippen LogP contribution in [0.25, 0.3) is 0 Å². The van der Waals surface area contributed by atoms with Crippen molar-refractivity contribution in [2.45, 2.75) is 13.8 Å². The maximum Gasteiger partial charge on any atom is 0.271 e. The van der Waals surface area contributed by atoms with Crippen molar-refractivity contribution in [2.24, 2.45) is 5.10 Å². The molecule has 0 saturated heterocycles. The molecule has 0 saturated carbocycles. The Labute approximate surface area is 127 Å². The quantitative estimate of drug-likeness (QED) is 0.534. The lowest BCUT2D eigenvalue weighted by Crippen LogP contribution is -2.20. The van der Waals surface area contributed by atoms with E-state index in [1.807, 2.05) is 19.1 Å². The van der Waals surface area contributed by atoms with Crippen LogP contribution in [0.4, 0.5) is 5.69 Å². The van der Waals surface area contributed by atoms with Gasteiger partial charge in [-0.05, 0) is 25.5 Å². The topological polar surface area (TPSA) is 84.6 Å². The van der Waals surface area contributed by atoms with E-state index in [4.69, 9.17) is 0 Å². The lowest BCUT2D eigenvalue weighted by atomic mass is 10.1. The first-order valence-electron chi connectivity index (χ1n) is 6.64. The minimum absolute atomic E-state index is 0.0164. The Morgan fingerprint density at radius 1 is 1.18 bits per heavy atom. The van der Waals surface area contributed by atoms with Gasteiger partial charge in [-0.25, -0.2) is 5.43 Å². The predicted molar refractivity (Wildman–Crippen MR) is 84.0 cm³/mol. The van der Waals surface area contributed by atoms with Gasteiger partial charge in [0.05, 0.1) is 10.6 Å². The molecule has 0 aliphatic carbocycles. The molecule has 1 N–H and O–H groups in total. The second-order valence-corrected chi connectivity index (χ2v) is 4.76. The van der Waals surface area contributed by atoms with Crippen molar-refractivity contribution < 1.29 is 9.72 Å². The van der Waals surface area contributed by atoms with Gasteiger partial charge < -0.3 is 0 Å². The number of non-ortho nitro benzene ring substituents is 1. The van der Waals surface area contributed by atoms with Crippen molar-refractivity contribution in [3.63, 3.8) is 0 Å². The molecule has 112 valence electrons. The number of nitro groups is 1. The van der Waals surface area contributed by atoms with Gasteiger partial charge in [-0.3, -0.25) is 14.9 Å². The van der Waals surface area contributed by atoms with E-state index < -0.39 is 4.92 Å². The summed E-state index contributed by atoms with van der Waals surface area (Å²) in [5.41, 5.74) is 4.91. The number of carbonyl (C=O) groups is 1. The second kappa shape index (κ2) is 6.62. The van der Waals surface area contributed by atoms with Gasteiger partial charge in [-0.15, -0.1) is 0 Å². The maximum absolute atomic E-state index is 12.1. The summed E-state index contributed by atoms with van der Waals surface area (Å²) in [4.78, 5) is 22.3. The van der Waals surface area contributed by atoms with E-state index >= 15 is 0 Å². The van der Waals surface area contributed by atoms with Crippen LogP contribution in [0.2, 0.25) is 0 Å². The Bertz CT molecular complexity index is 754. The van der Waals surface area contributed by atoms with E-state index in [0.717, 1.165) is 5.56 Å². The molecule has 2 aromatic rings. The van der Waals surface area contributed by atoms with Crippen LogP contribution < -0.4 is 5.43 Å². The van der Waals surface area contributed by atoms with Gasteiger partial charge >= 0.3 is 0 Å². The molecule has 0 aliphatic rings. The molecular formula is C16H15N3O3. The molecule has 2 rings (SSSR count). The van der Waals surface area contributed by atoms with Crippen LogP contribution in [0, 0.1) is 17.0 Å². The minimum Gasteiger partial charge on any atom is -0.267 e. The highest BCUT2D eigenvalue weighted by atomic mass is 16.6. The van der Waals surface area contributed by atoms with Gasteiger partial charge in [0.1, 0.15) is 0 Å². The third-order valence-electron chi connectivity index (χ3n) is 3.19. The van der Waals surface area contributed by atoms with E-state index in [-0.39, 0.29) is 11.6 Å². The Kier molecular flexibility index (Phi) is 4.63. The molecule has 0 heterocycles. The summed E-state index contributed by atoms with van der Waals surface area (Å²) in [7, 11) is 0. The fraction of sp³-hybridized carbons (Fsp3) is 0.125. The number of nitro benzene ring substituents is 1. The number of nitrogens with zero attached hydrogens (tertiary/aromatic N) is 2. The van der Waals surface area contributed by atoms with Crippen LogP contribution in [-0.2, 0) is 0 Å². The summed E-state index contributed by atoms with van der Waals surface area (Å²) in [5.74, 6) is -0.317. The first-order chi connectivity index (χ1) is 10.5. The van der Waals surface area contributed by atoms with E-state index in [1.165, 1.54) is 12.1 Å². The Morgan fingerprint density at radius 2 is 1.91 bits per heavy atom. The number of hydrogen-bond acceptors (Lipinski definition) is 4. The summed E-state index contributed by atoms with van der Waals surface area (Å²) in [5, 5.41) is 14.8. The predicted octanol–water partition coefficient (Wildman–Crippen LogP) is 3.06. The average Bonchev–Trinajstić information content (AvgIpc) is 2.52. The van der Waals surface area contributed by atoms with Gasteiger partial charge in [0.15, 0.2) is 0 Å². The molecule has 0 radical (unpaired) electrons. The summed E-state index contributed by atoms with van der Waals surface area (Å²) < 4.78 is 0. The monoisotopic (exact) mass is 297 g/mol. The summed E-state index contributed by atoms with van der Waals surface area (Å²) in [6.07, 6.45) is 0. The molecule has 0 bridgehead atoms. The van der Waals surface area contributed by atoms with Gasteiger partial charge in [0.25, 0.3) is 11.6 Å². The number of hydrogen-bond donors (Lipinski definition) is 1. The molecular weight excluding hydrogens is 282 g/mol. The van der Waals surface area contributed by atoms with E-state index in [1.54, 1.807) is 31.2 Å². The van der Waals surface area contributed by atoms with E-state index in [0.29, 0.717) is 16.8 Å². The van der Waals surface area contributed by atoms with Crippen molar-refractivity contribution in [2.75, 3.05) is 0 Å². The zero-order chi connectivity index (χ0) is 16.1. The van der Waals surface area contributed by atoms with Crippen molar-refractivity contribution in [3.05, 3.63) is 75.3 Å². The van der Waals surface area contributed by atoms with Gasteiger partial charge in [0, 0.05) is 23.3 Å². The molecule has 22 heavy (non-hydrogen) atoms. The number of nitrogens with one attached hydrogen (secondary N) is 1. The number of benzene rings is 2. The molecule has 0 spiro atoms. The van der Waals surface area contributed by atoms with Crippen LogP contribution in [0.1, 0.15) is 28.4 Å². The molecule has 0 aromatic heterocycles. The van der Waals surface area contributed by atoms with Crippen molar-refractivity contribution in [1.82, 2.24) is 5.43 Å². The van der Waals surface area contributed by atoms with E-state index in [9.17, 15) is 14.9 Å². The lowest BCUT2D eigenvalue weighted by molar-refractivity contribution is -0.384. The molecule has 0 unspecified atom stereocenters. The highest BCUT2D eigenvalue weighted by molar-refractivity contribution is 6.01. The first-order valence-corrected chi connectivity index (χ1v) is 6.64. The van der Waals surface area contributed by atoms with Crippen molar-refractivity contribution in [3.8, 4) is 0 Å². The smallest absolute Gasteiger partial charge is 0.267 e. The van der Waals surface area contributed by atoms with Crippen LogP contribution >= 0.6 is 0 Å². The summed E-state index contributed by atoms with van der Waals surface area (Å²) in [6.45, 7) is 3.52. The molecule has 1 amide bonds. The number of hydrazone groups is 1. The standard InChI is InChI=1S/C16H15N3O3/c1-11-6-3-4-9-15(11)16(20)18-17-12(2)13-7-5-8-14(10-13)19(21)22/h3-10H,1-2H3,(H,18,20)/b17-12+. The number of amides is 1. The SMILES string of the molecule is C/C(=N\NC(=O)c1ccccc1C)c1cccc([N+](=O)[O-])c1. The fourth-order valence-electron chi connectivity index (χ4n) is 1.93. The van der Waals surface area contributed by atoms with Gasteiger partial charge in [-0.1, -0.05) is 30.3 Å². The van der Waals surface area contributed by atoms with Crippen LogP contribution in [0.3, 0.4) is 0 Å². The van der Waals surface area contributed by atoms with Crippen LogP contribution in [0.5, 0.6) is 0 Å². The zero-order valence-electron chi connectivity index (χ0n) is 12.2. The number of rotatable bonds is 4. The Balaban J connectivity index is 2.16. The van der Waals surface area contributed by atoms with E-state index in [2.05, 4.69) is 10.5 Å². The Morgan fingerprint density at radius 3 is 2.59 bits per heavy atom. The van der Waals surface area contributed by atoms with Crippen LogP contribution in [-0.4, -0.2) is 16.5 Å². The van der Waals surface area contributed by atoms with Gasteiger partial charge in [-0.2, -0.15) is 5.10 Å². The lowest BCUT2D eigenvalue weighted by Gasteiger charge is -2.05. The maximum atomic E-state index is 12.1. The van der Waals surface area contributed by atoms with Crippen molar-refractivity contribution >= 4 is 17.3 Å². The summed E-state index contributed by atoms with van der Waals surface area (Å²) >= 11 is 0. The summed E-state index contributed by atoms with van der Waals surface area (Å²) in [6, 6.07) is 13.3. The third kappa shape index (κ3) is 3.54.